The maximum absolute atomic E-state index is 12.8. The molecule has 0 bridgehead atoms. The second-order valence-electron chi connectivity index (χ2n) is 8.96. The van der Waals surface area contributed by atoms with Gasteiger partial charge in [0.15, 0.2) is 11.5 Å². The smallest absolute Gasteiger partial charge is 0.243 e. The molecule has 0 atom stereocenters. The summed E-state index contributed by atoms with van der Waals surface area (Å²) in [4.78, 5) is 19.6. The van der Waals surface area contributed by atoms with Gasteiger partial charge in [-0.2, -0.15) is 4.31 Å². The van der Waals surface area contributed by atoms with Crippen molar-refractivity contribution in [2.45, 2.75) is 49.3 Å². The molecule has 7 nitrogen and oxygen atoms in total. The zero-order valence-corrected chi connectivity index (χ0v) is 19.5. The molecule has 1 amide bonds. The van der Waals surface area contributed by atoms with Crippen LogP contribution in [0.25, 0.3) is 11.1 Å². The van der Waals surface area contributed by atoms with Gasteiger partial charge in [-0.15, -0.1) is 0 Å². The van der Waals surface area contributed by atoms with Crippen molar-refractivity contribution in [3.05, 3.63) is 60.0 Å². The third kappa shape index (κ3) is 4.68. The van der Waals surface area contributed by atoms with E-state index in [4.69, 9.17) is 4.42 Å². The largest absolute Gasteiger partial charge is 0.440 e. The summed E-state index contributed by atoms with van der Waals surface area (Å²) in [7, 11) is -3.45. The molecule has 3 heterocycles. The van der Waals surface area contributed by atoms with E-state index in [1.54, 1.807) is 28.6 Å². The van der Waals surface area contributed by atoms with Crippen LogP contribution in [0.15, 0.2) is 57.8 Å². The zero-order chi connectivity index (χ0) is 22.8. The minimum absolute atomic E-state index is 0.0673. The molecule has 2 aliphatic rings. The number of hydrogen-bond donors (Lipinski definition) is 0. The molecule has 3 aromatic rings. The van der Waals surface area contributed by atoms with Crippen LogP contribution in [0.5, 0.6) is 0 Å². The average molecular weight is 468 g/mol. The standard InChI is InChI=1S/C25H29N3O4S/c29-24(18-19-8-10-21(11-9-19)33(30,31)28-14-4-1-5-15-28)27-16-12-20(13-17-27)25-26-22-6-2-3-7-23(22)32-25/h2-3,6-11,20H,1,4-5,12-18H2. The Morgan fingerprint density at radius 1 is 0.939 bits per heavy atom. The number of fused-ring (bicyclic) bond motifs is 1. The first kappa shape index (κ1) is 22.1. The van der Waals surface area contributed by atoms with Crippen molar-refractivity contribution in [1.82, 2.24) is 14.2 Å². The van der Waals surface area contributed by atoms with E-state index in [1.165, 1.54) is 0 Å². The maximum Gasteiger partial charge on any atom is 0.243 e. The summed E-state index contributed by atoms with van der Waals surface area (Å²) < 4.78 is 33.1. The van der Waals surface area contributed by atoms with Gasteiger partial charge < -0.3 is 9.32 Å². The lowest BCUT2D eigenvalue weighted by molar-refractivity contribution is -0.131. The highest BCUT2D eigenvalue weighted by molar-refractivity contribution is 7.89. The van der Waals surface area contributed by atoms with Gasteiger partial charge in [0.2, 0.25) is 15.9 Å². The Kier molecular flexibility index (Phi) is 6.21. The SMILES string of the molecule is O=C(Cc1ccc(S(=O)(=O)N2CCCCC2)cc1)N1CCC(c2nc3ccccc3o2)CC1. The highest BCUT2D eigenvalue weighted by Gasteiger charge is 2.28. The van der Waals surface area contributed by atoms with E-state index in [-0.39, 0.29) is 18.2 Å². The highest BCUT2D eigenvalue weighted by Crippen LogP contribution is 2.30. The third-order valence-electron chi connectivity index (χ3n) is 6.74. The molecule has 0 radical (unpaired) electrons. The van der Waals surface area contributed by atoms with Crippen molar-refractivity contribution in [2.24, 2.45) is 0 Å². The molecular formula is C25H29N3O4S. The Morgan fingerprint density at radius 3 is 2.33 bits per heavy atom. The Morgan fingerprint density at radius 2 is 1.64 bits per heavy atom. The number of piperidine rings is 2. The molecular weight excluding hydrogens is 438 g/mol. The number of amides is 1. The first-order valence-corrected chi connectivity index (χ1v) is 13.2. The normalized spacial score (nSPS) is 18.6. The van der Waals surface area contributed by atoms with Crippen LogP contribution in [0.3, 0.4) is 0 Å². The molecule has 174 valence electrons. The first-order valence-electron chi connectivity index (χ1n) is 11.7. The lowest BCUT2D eigenvalue weighted by Crippen LogP contribution is -2.38. The molecule has 0 unspecified atom stereocenters. The molecule has 33 heavy (non-hydrogen) atoms. The number of likely N-dealkylation sites (tertiary alicyclic amines) is 1. The van der Waals surface area contributed by atoms with E-state index in [9.17, 15) is 13.2 Å². The lowest BCUT2D eigenvalue weighted by atomic mass is 9.96. The molecule has 0 N–H and O–H groups in total. The van der Waals surface area contributed by atoms with Crippen molar-refractivity contribution < 1.29 is 17.6 Å². The minimum atomic E-state index is -3.45. The van der Waals surface area contributed by atoms with Gasteiger partial charge >= 0.3 is 0 Å². The number of benzene rings is 2. The number of sulfonamides is 1. The predicted molar refractivity (Wildman–Crippen MR) is 125 cm³/mol. The number of aromatic nitrogens is 1. The number of para-hydroxylation sites is 2. The van der Waals surface area contributed by atoms with E-state index in [0.29, 0.717) is 31.1 Å². The highest BCUT2D eigenvalue weighted by atomic mass is 32.2. The topological polar surface area (TPSA) is 83.7 Å². The molecule has 0 spiro atoms. The zero-order valence-electron chi connectivity index (χ0n) is 18.7. The summed E-state index contributed by atoms with van der Waals surface area (Å²) >= 11 is 0. The van der Waals surface area contributed by atoms with Gasteiger partial charge in [-0.1, -0.05) is 30.7 Å². The van der Waals surface area contributed by atoms with Gasteiger partial charge in [-0.05, 0) is 55.5 Å². The maximum atomic E-state index is 12.8. The predicted octanol–water partition coefficient (Wildman–Crippen LogP) is 3.95. The van der Waals surface area contributed by atoms with Crippen molar-refractivity contribution in [2.75, 3.05) is 26.2 Å². The van der Waals surface area contributed by atoms with Gasteiger partial charge in [0.25, 0.3) is 0 Å². The molecule has 8 heteroatoms. The van der Waals surface area contributed by atoms with Crippen LogP contribution in [0.1, 0.15) is 49.5 Å². The van der Waals surface area contributed by atoms with Gasteiger partial charge in [-0.3, -0.25) is 4.79 Å². The Hall–Kier alpha value is -2.71. The Bertz CT molecular complexity index is 1190. The fourth-order valence-electron chi connectivity index (χ4n) is 4.76. The molecule has 0 aliphatic carbocycles. The number of nitrogens with zero attached hydrogens (tertiary/aromatic N) is 3. The van der Waals surface area contributed by atoms with Crippen LogP contribution in [0.2, 0.25) is 0 Å². The van der Waals surface area contributed by atoms with Crippen LogP contribution in [-0.4, -0.2) is 54.7 Å². The van der Waals surface area contributed by atoms with Crippen molar-refractivity contribution in [3.8, 4) is 0 Å². The minimum Gasteiger partial charge on any atom is -0.440 e. The molecule has 2 aromatic carbocycles. The number of carbonyl (C=O) groups is 1. The van der Waals surface area contributed by atoms with Crippen molar-refractivity contribution in [3.63, 3.8) is 0 Å². The van der Waals surface area contributed by atoms with Gasteiger partial charge in [0.1, 0.15) is 5.52 Å². The van der Waals surface area contributed by atoms with Crippen molar-refractivity contribution >= 4 is 27.0 Å². The van der Waals surface area contributed by atoms with Crippen LogP contribution < -0.4 is 0 Å². The van der Waals surface area contributed by atoms with E-state index in [1.807, 2.05) is 29.2 Å². The summed E-state index contributed by atoms with van der Waals surface area (Å²) in [5.74, 6) is 1.05. The number of hydrogen-bond acceptors (Lipinski definition) is 5. The van der Waals surface area contributed by atoms with Crippen molar-refractivity contribution in [1.29, 1.82) is 0 Å². The molecule has 2 aliphatic heterocycles. The molecule has 2 saturated heterocycles. The fourth-order valence-corrected chi connectivity index (χ4v) is 6.28. The van der Waals surface area contributed by atoms with E-state index in [0.717, 1.165) is 54.7 Å². The molecule has 2 fully saturated rings. The van der Waals surface area contributed by atoms with Gasteiger partial charge in [-0.25, -0.2) is 13.4 Å². The Balaban J connectivity index is 1.17. The fraction of sp³-hybridized carbons (Fsp3) is 0.440. The van der Waals surface area contributed by atoms with Gasteiger partial charge in [0.05, 0.1) is 11.3 Å². The molecule has 1 aromatic heterocycles. The lowest BCUT2D eigenvalue weighted by Gasteiger charge is -2.30. The monoisotopic (exact) mass is 467 g/mol. The number of rotatable bonds is 5. The number of oxazole rings is 1. The summed E-state index contributed by atoms with van der Waals surface area (Å²) in [6.07, 6.45) is 4.83. The molecule has 0 saturated carbocycles. The summed E-state index contributed by atoms with van der Waals surface area (Å²) in [5.41, 5.74) is 2.51. The second-order valence-corrected chi connectivity index (χ2v) is 10.9. The van der Waals surface area contributed by atoms with Crippen LogP contribution in [0, 0.1) is 0 Å². The second kappa shape index (κ2) is 9.27. The average Bonchev–Trinajstić information content (AvgIpc) is 3.29. The first-order chi connectivity index (χ1) is 16.0. The van der Waals surface area contributed by atoms with Crippen LogP contribution >= 0.6 is 0 Å². The van der Waals surface area contributed by atoms with E-state index in [2.05, 4.69) is 4.98 Å². The summed E-state index contributed by atoms with van der Waals surface area (Å²) in [5, 5.41) is 0. The summed E-state index contributed by atoms with van der Waals surface area (Å²) in [6.45, 7) is 2.51. The van der Waals surface area contributed by atoms with Crippen LogP contribution in [-0.2, 0) is 21.2 Å². The quantitative estimate of drug-likeness (QED) is 0.567. The molecule has 5 rings (SSSR count). The Labute approximate surface area is 194 Å². The number of carbonyl (C=O) groups excluding carboxylic acids is 1. The van der Waals surface area contributed by atoms with E-state index >= 15 is 0 Å². The van der Waals surface area contributed by atoms with Crippen LogP contribution in [0.4, 0.5) is 0 Å². The van der Waals surface area contributed by atoms with E-state index < -0.39 is 10.0 Å². The van der Waals surface area contributed by atoms with Gasteiger partial charge in [0, 0.05) is 32.1 Å². The summed E-state index contributed by atoms with van der Waals surface area (Å²) in [6, 6.07) is 14.6. The third-order valence-corrected chi connectivity index (χ3v) is 8.65.